The van der Waals surface area contributed by atoms with E-state index in [1.54, 1.807) is 26.3 Å². The van der Waals surface area contributed by atoms with E-state index in [4.69, 9.17) is 15.2 Å². The van der Waals surface area contributed by atoms with E-state index in [-0.39, 0.29) is 42.1 Å². The van der Waals surface area contributed by atoms with Gasteiger partial charge in [-0.1, -0.05) is 12.1 Å². The number of aryl methyl sites for hydroxylation is 1. The molecular weight excluding hydrogens is 436 g/mol. The summed E-state index contributed by atoms with van der Waals surface area (Å²) in [7, 11) is -0.640. The lowest BCUT2D eigenvalue weighted by molar-refractivity contribution is -0.126. The number of nitrogens with zero attached hydrogens (tertiary/aromatic N) is 2. The maximum Gasteiger partial charge on any atom is 0.265 e. The first-order valence-corrected chi connectivity index (χ1v) is 11.7. The second-order valence-corrected chi connectivity index (χ2v) is 9.44. The molecule has 0 atom stereocenters. The molecule has 1 aliphatic rings. The molecule has 0 saturated carbocycles. The number of benzene rings is 1. The predicted octanol–water partition coefficient (Wildman–Crippen LogP) is 0.729. The highest BCUT2D eigenvalue weighted by Gasteiger charge is 2.33. The molecule has 2 amide bonds. The molecule has 0 radical (unpaired) electrons. The fraction of sp³-hybridized carbons (Fsp3) is 0.429. The number of amides is 2. The normalized spacial score (nSPS) is 15.3. The van der Waals surface area contributed by atoms with Gasteiger partial charge in [-0.2, -0.15) is 4.31 Å². The minimum absolute atomic E-state index is 0.0187. The second kappa shape index (κ2) is 10.0. The van der Waals surface area contributed by atoms with Crippen LogP contribution in [0.5, 0.6) is 11.5 Å². The molecule has 1 saturated heterocycles. The van der Waals surface area contributed by atoms with Crippen LogP contribution in [0.2, 0.25) is 0 Å². The molecule has 2 aromatic rings. The molecule has 3 N–H and O–H groups in total. The number of piperidine rings is 1. The molecule has 0 spiro atoms. The number of carbonyl (C=O) groups is 2. The van der Waals surface area contributed by atoms with Crippen molar-refractivity contribution in [2.75, 3.05) is 33.4 Å². The molecule has 0 bridgehead atoms. The Hall–Kier alpha value is -3.05. The van der Waals surface area contributed by atoms with E-state index in [1.165, 1.54) is 21.1 Å². The molecule has 1 aromatic heterocycles. The number of sulfonamides is 1. The summed E-state index contributed by atoms with van der Waals surface area (Å²) in [5, 5.41) is 2.84. The van der Waals surface area contributed by atoms with Crippen LogP contribution in [0.15, 0.2) is 41.4 Å². The lowest BCUT2D eigenvalue weighted by Crippen LogP contribution is -2.43. The van der Waals surface area contributed by atoms with Gasteiger partial charge in [0.25, 0.3) is 5.91 Å². The average molecular weight is 465 g/mol. The Morgan fingerprint density at radius 3 is 2.44 bits per heavy atom. The zero-order valence-corrected chi connectivity index (χ0v) is 18.9. The van der Waals surface area contributed by atoms with E-state index in [0.29, 0.717) is 30.9 Å². The third-order valence-electron chi connectivity index (χ3n) is 5.42. The topological polar surface area (TPSA) is 133 Å². The van der Waals surface area contributed by atoms with Crippen molar-refractivity contribution in [1.29, 1.82) is 0 Å². The highest BCUT2D eigenvalue weighted by Crippen LogP contribution is 2.26. The van der Waals surface area contributed by atoms with Crippen LogP contribution in [0, 0.1) is 5.92 Å². The van der Waals surface area contributed by atoms with E-state index < -0.39 is 15.9 Å². The SMILES string of the molecule is COc1ccccc1OCCNC(=O)C1CCN(S(=O)(=O)c2cc(C(N)=O)n(C)c2)CC1. The lowest BCUT2D eigenvalue weighted by atomic mass is 9.97. The van der Waals surface area contributed by atoms with Gasteiger partial charge in [-0.15, -0.1) is 0 Å². The van der Waals surface area contributed by atoms with Crippen molar-refractivity contribution in [3.8, 4) is 11.5 Å². The number of hydrogen-bond donors (Lipinski definition) is 2. The first-order chi connectivity index (χ1) is 15.2. The molecule has 174 valence electrons. The highest BCUT2D eigenvalue weighted by atomic mass is 32.2. The Morgan fingerprint density at radius 2 is 1.84 bits per heavy atom. The summed E-state index contributed by atoms with van der Waals surface area (Å²) in [5.41, 5.74) is 5.39. The van der Waals surface area contributed by atoms with Crippen molar-refractivity contribution in [3.05, 3.63) is 42.2 Å². The van der Waals surface area contributed by atoms with Crippen LogP contribution in [0.4, 0.5) is 0 Å². The predicted molar refractivity (Wildman–Crippen MR) is 117 cm³/mol. The Balaban J connectivity index is 1.48. The number of para-hydroxylation sites is 2. The zero-order chi connectivity index (χ0) is 23.3. The van der Waals surface area contributed by atoms with Gasteiger partial charge in [-0.3, -0.25) is 9.59 Å². The van der Waals surface area contributed by atoms with Gasteiger partial charge in [0.15, 0.2) is 11.5 Å². The van der Waals surface area contributed by atoms with Crippen LogP contribution in [-0.4, -0.2) is 62.5 Å². The van der Waals surface area contributed by atoms with Gasteiger partial charge in [0.05, 0.1) is 13.7 Å². The van der Waals surface area contributed by atoms with Crippen molar-refractivity contribution >= 4 is 21.8 Å². The lowest BCUT2D eigenvalue weighted by Gasteiger charge is -2.30. The second-order valence-electron chi connectivity index (χ2n) is 7.50. The molecule has 2 heterocycles. The smallest absolute Gasteiger partial charge is 0.265 e. The quantitative estimate of drug-likeness (QED) is 0.526. The Kier molecular flexibility index (Phi) is 7.41. The summed E-state index contributed by atoms with van der Waals surface area (Å²) in [5.74, 6) is 0.127. The fourth-order valence-corrected chi connectivity index (χ4v) is 5.19. The number of aromatic nitrogens is 1. The standard InChI is InChI=1S/C21H28N4O6S/c1-24-14-16(13-17(24)20(22)26)32(28,29)25-10-7-15(8-11-25)21(27)23-9-12-31-19-6-4-3-5-18(19)30-2/h3-6,13-15H,7-12H2,1-2H3,(H2,22,26)(H,23,27). The molecule has 32 heavy (non-hydrogen) atoms. The molecule has 3 rings (SSSR count). The van der Waals surface area contributed by atoms with Crippen LogP contribution in [-0.2, 0) is 21.9 Å². The van der Waals surface area contributed by atoms with Crippen LogP contribution in [0.1, 0.15) is 23.3 Å². The van der Waals surface area contributed by atoms with E-state index >= 15 is 0 Å². The van der Waals surface area contributed by atoms with Crippen molar-refractivity contribution in [2.24, 2.45) is 18.7 Å². The van der Waals surface area contributed by atoms with Crippen LogP contribution >= 0.6 is 0 Å². The Morgan fingerprint density at radius 1 is 1.19 bits per heavy atom. The Bertz CT molecular complexity index is 1070. The van der Waals surface area contributed by atoms with Crippen LogP contribution < -0.4 is 20.5 Å². The first-order valence-electron chi connectivity index (χ1n) is 10.2. The van der Waals surface area contributed by atoms with Gasteiger partial charge in [0, 0.05) is 32.3 Å². The molecule has 0 unspecified atom stereocenters. The minimum Gasteiger partial charge on any atom is -0.493 e. The number of nitrogens with two attached hydrogens (primary N) is 1. The summed E-state index contributed by atoms with van der Waals surface area (Å²) in [4.78, 5) is 23.9. The number of hydrogen-bond acceptors (Lipinski definition) is 6. The van der Waals surface area contributed by atoms with Crippen molar-refractivity contribution < 1.29 is 27.5 Å². The molecule has 10 nitrogen and oxygen atoms in total. The van der Waals surface area contributed by atoms with Crippen LogP contribution in [0.25, 0.3) is 0 Å². The van der Waals surface area contributed by atoms with E-state index in [2.05, 4.69) is 5.32 Å². The number of carbonyl (C=O) groups excluding carboxylic acids is 2. The average Bonchev–Trinajstić information content (AvgIpc) is 3.19. The van der Waals surface area contributed by atoms with Crippen LogP contribution in [0.3, 0.4) is 0 Å². The highest BCUT2D eigenvalue weighted by molar-refractivity contribution is 7.89. The largest absolute Gasteiger partial charge is 0.493 e. The Labute approximate surface area is 187 Å². The molecule has 0 aliphatic carbocycles. The third-order valence-corrected chi connectivity index (χ3v) is 7.29. The molecule has 11 heteroatoms. The zero-order valence-electron chi connectivity index (χ0n) is 18.1. The molecule has 1 aromatic carbocycles. The molecule has 1 aliphatic heterocycles. The van der Waals surface area contributed by atoms with Crippen molar-refractivity contribution in [2.45, 2.75) is 17.7 Å². The summed E-state index contributed by atoms with van der Waals surface area (Å²) < 4.78 is 39.4. The summed E-state index contributed by atoms with van der Waals surface area (Å²) in [6, 6.07) is 8.53. The summed E-state index contributed by atoms with van der Waals surface area (Å²) >= 11 is 0. The fourth-order valence-electron chi connectivity index (χ4n) is 3.65. The van der Waals surface area contributed by atoms with Gasteiger partial charge < -0.3 is 25.1 Å². The molecular formula is C21H28N4O6S. The van der Waals surface area contributed by atoms with Gasteiger partial charge in [0.1, 0.15) is 17.2 Å². The number of methoxy groups -OCH3 is 1. The third kappa shape index (κ3) is 5.22. The van der Waals surface area contributed by atoms with Gasteiger partial charge in [0.2, 0.25) is 15.9 Å². The maximum atomic E-state index is 12.9. The minimum atomic E-state index is -3.76. The van der Waals surface area contributed by atoms with E-state index in [0.717, 1.165) is 0 Å². The van der Waals surface area contributed by atoms with Gasteiger partial charge in [-0.05, 0) is 31.0 Å². The number of nitrogens with one attached hydrogen (secondary N) is 1. The van der Waals surface area contributed by atoms with Gasteiger partial charge in [-0.25, -0.2) is 8.42 Å². The van der Waals surface area contributed by atoms with Gasteiger partial charge >= 0.3 is 0 Å². The van der Waals surface area contributed by atoms with E-state index in [9.17, 15) is 18.0 Å². The number of primary amides is 1. The number of rotatable bonds is 9. The maximum absolute atomic E-state index is 12.9. The molecule has 1 fully saturated rings. The summed E-state index contributed by atoms with van der Waals surface area (Å²) in [6.07, 6.45) is 2.19. The van der Waals surface area contributed by atoms with Crippen molar-refractivity contribution in [1.82, 2.24) is 14.2 Å². The monoisotopic (exact) mass is 464 g/mol. The number of ether oxygens (including phenoxy) is 2. The summed E-state index contributed by atoms with van der Waals surface area (Å²) in [6.45, 7) is 1.06. The first kappa shape index (κ1) is 23.6. The van der Waals surface area contributed by atoms with Crippen molar-refractivity contribution in [3.63, 3.8) is 0 Å². The van der Waals surface area contributed by atoms with E-state index in [1.807, 2.05) is 12.1 Å².